The van der Waals surface area contributed by atoms with Crippen LogP contribution in [0, 0.1) is 11.8 Å². The van der Waals surface area contributed by atoms with Crippen molar-refractivity contribution in [3.63, 3.8) is 0 Å². The van der Waals surface area contributed by atoms with Crippen molar-refractivity contribution in [1.29, 1.82) is 0 Å². The molecular weight excluding hydrogens is 241 g/mol. The van der Waals surface area contributed by atoms with Gasteiger partial charge in [-0.2, -0.15) is 0 Å². The van der Waals surface area contributed by atoms with E-state index in [0.717, 1.165) is 11.8 Å². The third-order valence-corrected chi connectivity index (χ3v) is 4.80. The second kappa shape index (κ2) is 11.4. The highest BCUT2D eigenvalue weighted by Gasteiger charge is 2.17. The van der Waals surface area contributed by atoms with Gasteiger partial charge in [0.1, 0.15) is 0 Å². The van der Waals surface area contributed by atoms with Crippen LogP contribution in [-0.2, 0) is 0 Å². The lowest BCUT2D eigenvalue weighted by Gasteiger charge is -2.27. The summed E-state index contributed by atoms with van der Waals surface area (Å²) in [4.78, 5) is 2.38. The van der Waals surface area contributed by atoms with Crippen LogP contribution in [0.3, 0.4) is 0 Å². The van der Waals surface area contributed by atoms with Crippen LogP contribution in [0.15, 0.2) is 12.2 Å². The van der Waals surface area contributed by atoms with Gasteiger partial charge in [0, 0.05) is 0 Å². The van der Waals surface area contributed by atoms with E-state index < -0.39 is 0 Å². The number of hydrogen-bond donors (Lipinski definition) is 0. The maximum atomic E-state index is 2.49. The molecule has 0 fully saturated rings. The van der Waals surface area contributed by atoms with Gasteiger partial charge < -0.3 is 4.81 Å². The van der Waals surface area contributed by atoms with E-state index in [4.69, 9.17) is 0 Å². The fraction of sp³-hybridized carbons (Fsp3) is 0.889. The van der Waals surface area contributed by atoms with Crippen LogP contribution >= 0.6 is 0 Å². The largest absolute Gasteiger partial charge is 0.351 e. The van der Waals surface area contributed by atoms with Crippen LogP contribution in [0.5, 0.6) is 0 Å². The topological polar surface area (TPSA) is 3.24 Å². The molecule has 116 valence electrons. The van der Waals surface area contributed by atoms with Gasteiger partial charge in [0.15, 0.2) is 7.98 Å². The van der Waals surface area contributed by atoms with Crippen LogP contribution in [0.25, 0.3) is 0 Å². The molecule has 0 amide bonds. The third-order valence-electron chi connectivity index (χ3n) is 4.80. The first-order valence-corrected chi connectivity index (χ1v) is 9.00. The Morgan fingerprint density at radius 2 is 1.45 bits per heavy atom. The summed E-state index contributed by atoms with van der Waals surface area (Å²) in [7, 11) is 4.45. The fourth-order valence-corrected chi connectivity index (χ4v) is 3.42. The smallest absolute Gasteiger partial charge is 0.185 e. The van der Waals surface area contributed by atoms with Gasteiger partial charge in [-0.3, -0.25) is 0 Å². The highest BCUT2D eigenvalue weighted by Crippen LogP contribution is 2.25. The standard InChI is InChI=1S/C18H36BN/c1-17-14-12-10-8-6-4-3-5-7-9-11-13-15-18(17)16-20(2)19/h5,7,17-18H,3-4,6,8-16,19H2,1-2H3/b7-5-. The van der Waals surface area contributed by atoms with Gasteiger partial charge in [0.25, 0.3) is 0 Å². The average Bonchev–Trinajstić information content (AvgIpc) is 2.41. The fourth-order valence-electron chi connectivity index (χ4n) is 3.42. The summed E-state index contributed by atoms with van der Waals surface area (Å²) in [5.41, 5.74) is 0. The Bertz CT molecular complexity index is 250. The molecule has 0 aromatic rings. The van der Waals surface area contributed by atoms with Crippen LogP contribution in [0.2, 0.25) is 0 Å². The van der Waals surface area contributed by atoms with E-state index in [-0.39, 0.29) is 0 Å². The Morgan fingerprint density at radius 1 is 0.900 bits per heavy atom. The van der Waals surface area contributed by atoms with E-state index in [1.54, 1.807) is 0 Å². The summed E-state index contributed by atoms with van der Waals surface area (Å²) >= 11 is 0. The minimum atomic E-state index is 0.901. The van der Waals surface area contributed by atoms with E-state index in [1.807, 2.05) is 0 Å². The Kier molecular flexibility index (Phi) is 10.2. The monoisotopic (exact) mass is 277 g/mol. The first-order chi connectivity index (χ1) is 9.70. The lowest BCUT2D eigenvalue weighted by Crippen LogP contribution is -2.27. The Labute approximate surface area is 128 Å². The molecule has 0 bridgehead atoms. The van der Waals surface area contributed by atoms with Crippen molar-refractivity contribution in [2.45, 2.75) is 77.6 Å². The Hall–Kier alpha value is -0.235. The number of hydrogen-bond acceptors (Lipinski definition) is 1. The summed E-state index contributed by atoms with van der Waals surface area (Å²) in [6.45, 7) is 3.77. The molecule has 2 heteroatoms. The first kappa shape index (κ1) is 17.8. The minimum Gasteiger partial charge on any atom is -0.351 e. The zero-order valence-corrected chi connectivity index (χ0v) is 14.2. The molecule has 0 spiro atoms. The van der Waals surface area contributed by atoms with Crippen molar-refractivity contribution in [3.05, 3.63) is 12.2 Å². The van der Waals surface area contributed by atoms with Crippen molar-refractivity contribution in [2.75, 3.05) is 13.6 Å². The second-order valence-corrected chi connectivity index (χ2v) is 7.10. The van der Waals surface area contributed by atoms with Gasteiger partial charge in [-0.05, 0) is 57.5 Å². The number of nitrogens with zero attached hydrogens (tertiary/aromatic N) is 1. The highest BCUT2D eigenvalue weighted by atomic mass is 15.0. The second-order valence-electron chi connectivity index (χ2n) is 7.10. The third kappa shape index (κ3) is 8.84. The molecule has 0 saturated heterocycles. The molecule has 1 rings (SSSR count). The normalized spacial score (nSPS) is 29.6. The van der Waals surface area contributed by atoms with Crippen molar-refractivity contribution in [1.82, 2.24) is 4.81 Å². The Balaban J connectivity index is 2.43. The van der Waals surface area contributed by atoms with Gasteiger partial charge in [0.05, 0.1) is 0 Å². The maximum Gasteiger partial charge on any atom is 0.185 e. The summed E-state index contributed by atoms with van der Waals surface area (Å²) in [6, 6.07) is 0. The van der Waals surface area contributed by atoms with E-state index in [9.17, 15) is 0 Å². The molecule has 0 aromatic carbocycles. The molecule has 0 saturated carbocycles. The highest BCUT2D eigenvalue weighted by molar-refractivity contribution is 6.04. The molecule has 2 atom stereocenters. The summed E-state index contributed by atoms with van der Waals surface area (Å²) in [5.74, 6) is 1.80. The predicted octanol–water partition coefficient (Wildman–Crippen LogP) is 4.58. The van der Waals surface area contributed by atoms with E-state index >= 15 is 0 Å². The predicted molar refractivity (Wildman–Crippen MR) is 93.8 cm³/mol. The number of allylic oxidation sites excluding steroid dienone is 2. The van der Waals surface area contributed by atoms with Crippen LogP contribution in [-0.4, -0.2) is 26.4 Å². The minimum absolute atomic E-state index is 0.901. The van der Waals surface area contributed by atoms with Crippen LogP contribution in [0.1, 0.15) is 77.6 Å². The van der Waals surface area contributed by atoms with Gasteiger partial charge in [-0.15, -0.1) is 0 Å². The molecule has 0 N–H and O–H groups in total. The maximum absolute atomic E-state index is 2.49. The lowest BCUT2D eigenvalue weighted by molar-refractivity contribution is 0.260. The van der Waals surface area contributed by atoms with E-state index in [1.165, 1.54) is 77.2 Å². The molecule has 1 nitrogen and oxygen atoms in total. The number of rotatable bonds is 2. The molecular formula is C18H36BN. The zero-order valence-electron chi connectivity index (χ0n) is 14.2. The van der Waals surface area contributed by atoms with Crippen molar-refractivity contribution < 1.29 is 0 Å². The molecule has 1 aliphatic rings. The quantitative estimate of drug-likeness (QED) is 0.527. The Morgan fingerprint density at radius 3 is 2.15 bits per heavy atom. The molecule has 1 aliphatic carbocycles. The van der Waals surface area contributed by atoms with Gasteiger partial charge in [-0.25, -0.2) is 0 Å². The molecule has 0 heterocycles. The summed E-state index contributed by atoms with van der Waals surface area (Å²) in [5, 5.41) is 0. The summed E-state index contributed by atoms with van der Waals surface area (Å²) in [6.07, 6.45) is 20.3. The molecule has 0 radical (unpaired) electrons. The van der Waals surface area contributed by atoms with Crippen LogP contribution in [0.4, 0.5) is 0 Å². The molecule has 2 unspecified atom stereocenters. The molecule has 0 aromatic heterocycles. The van der Waals surface area contributed by atoms with Crippen molar-refractivity contribution >= 4 is 7.98 Å². The first-order valence-electron chi connectivity index (χ1n) is 9.00. The lowest BCUT2D eigenvalue weighted by atomic mass is 9.84. The van der Waals surface area contributed by atoms with Crippen LogP contribution < -0.4 is 0 Å². The van der Waals surface area contributed by atoms with Gasteiger partial charge >= 0.3 is 0 Å². The van der Waals surface area contributed by atoms with Gasteiger partial charge in [0.2, 0.25) is 0 Å². The van der Waals surface area contributed by atoms with Crippen molar-refractivity contribution in [2.24, 2.45) is 11.8 Å². The van der Waals surface area contributed by atoms with Gasteiger partial charge in [-0.1, -0.05) is 57.6 Å². The van der Waals surface area contributed by atoms with Crippen molar-refractivity contribution in [3.8, 4) is 0 Å². The van der Waals surface area contributed by atoms with E-state index in [0.29, 0.717) is 0 Å². The van der Waals surface area contributed by atoms with E-state index in [2.05, 4.69) is 38.9 Å². The average molecular weight is 277 g/mol. The molecule has 20 heavy (non-hydrogen) atoms. The molecule has 0 aliphatic heterocycles. The summed E-state index contributed by atoms with van der Waals surface area (Å²) < 4.78 is 0. The SMILES string of the molecule is BN(C)CC1CCCC/C=C\CCCCCCCC1C. The zero-order chi connectivity index (χ0) is 14.6.